The third-order valence-corrected chi connectivity index (χ3v) is 4.09. The van der Waals surface area contributed by atoms with Crippen LogP contribution in [0.3, 0.4) is 0 Å². The minimum absolute atomic E-state index is 0.0241. The predicted molar refractivity (Wildman–Crippen MR) is 72.8 cm³/mol. The molecule has 1 atom stereocenters. The lowest BCUT2D eigenvalue weighted by Crippen LogP contribution is -2.33. The van der Waals surface area contributed by atoms with Gasteiger partial charge in [0.2, 0.25) is 0 Å². The summed E-state index contributed by atoms with van der Waals surface area (Å²) in [7, 11) is 0. The number of thiophene rings is 1. The third kappa shape index (κ3) is 2.37. The summed E-state index contributed by atoms with van der Waals surface area (Å²) in [5, 5.41) is 9.86. The molecule has 1 aliphatic rings. The highest BCUT2D eigenvalue weighted by Crippen LogP contribution is 2.21. The Morgan fingerprint density at radius 2 is 2.39 bits per heavy atom. The van der Waals surface area contributed by atoms with Gasteiger partial charge in [0.25, 0.3) is 5.56 Å². The lowest BCUT2D eigenvalue weighted by atomic mass is 10.2. The molecule has 0 aromatic carbocycles. The van der Waals surface area contributed by atoms with Crippen molar-refractivity contribution in [3.8, 4) is 10.6 Å². The van der Waals surface area contributed by atoms with Gasteiger partial charge in [-0.2, -0.15) is 5.10 Å². The maximum atomic E-state index is 11.8. The molecule has 18 heavy (non-hydrogen) atoms. The van der Waals surface area contributed by atoms with Crippen molar-refractivity contribution in [1.82, 2.24) is 15.1 Å². The van der Waals surface area contributed by atoms with Crippen LogP contribution in [0, 0.1) is 0 Å². The molecule has 3 heterocycles. The van der Waals surface area contributed by atoms with Gasteiger partial charge in [0.15, 0.2) is 0 Å². The molecule has 3 rings (SSSR count). The second-order valence-corrected chi connectivity index (χ2v) is 5.46. The molecule has 0 amide bonds. The number of nitrogens with one attached hydrogen (secondary N) is 1. The van der Waals surface area contributed by atoms with E-state index in [0.29, 0.717) is 12.6 Å². The zero-order valence-electron chi connectivity index (χ0n) is 10.0. The van der Waals surface area contributed by atoms with Crippen molar-refractivity contribution < 1.29 is 0 Å². The molecule has 2 aromatic heterocycles. The van der Waals surface area contributed by atoms with Crippen molar-refractivity contribution in [2.24, 2.45) is 0 Å². The first-order valence-corrected chi connectivity index (χ1v) is 7.06. The van der Waals surface area contributed by atoms with Crippen LogP contribution in [0.25, 0.3) is 10.6 Å². The van der Waals surface area contributed by atoms with Crippen molar-refractivity contribution in [2.45, 2.75) is 25.4 Å². The van der Waals surface area contributed by atoms with Gasteiger partial charge in [-0.15, -0.1) is 11.3 Å². The Kier molecular flexibility index (Phi) is 3.25. The first-order chi connectivity index (χ1) is 8.83. The zero-order chi connectivity index (χ0) is 12.4. The third-order valence-electron chi connectivity index (χ3n) is 3.20. The molecule has 0 saturated carbocycles. The summed E-state index contributed by atoms with van der Waals surface area (Å²) in [5.41, 5.74) is 0.853. The zero-order valence-corrected chi connectivity index (χ0v) is 10.8. The quantitative estimate of drug-likeness (QED) is 0.915. The van der Waals surface area contributed by atoms with Crippen molar-refractivity contribution in [2.75, 3.05) is 6.54 Å². The fourth-order valence-corrected chi connectivity index (χ4v) is 2.95. The lowest BCUT2D eigenvalue weighted by Gasteiger charge is -2.11. The van der Waals surface area contributed by atoms with E-state index in [1.165, 1.54) is 6.42 Å². The van der Waals surface area contributed by atoms with Crippen LogP contribution < -0.4 is 10.9 Å². The minimum Gasteiger partial charge on any atom is -0.312 e. The average Bonchev–Trinajstić information content (AvgIpc) is 3.04. The van der Waals surface area contributed by atoms with Gasteiger partial charge in [0.05, 0.1) is 11.4 Å². The van der Waals surface area contributed by atoms with E-state index < -0.39 is 0 Å². The predicted octanol–water partition coefficient (Wildman–Crippen LogP) is 1.72. The van der Waals surface area contributed by atoms with Crippen molar-refractivity contribution >= 4 is 11.3 Å². The molecule has 1 N–H and O–H groups in total. The Bertz CT molecular complexity index is 570. The van der Waals surface area contributed by atoms with E-state index in [2.05, 4.69) is 10.4 Å². The molecule has 0 bridgehead atoms. The van der Waals surface area contributed by atoms with Gasteiger partial charge < -0.3 is 5.32 Å². The van der Waals surface area contributed by atoms with Crippen LogP contribution >= 0.6 is 11.3 Å². The van der Waals surface area contributed by atoms with Gasteiger partial charge in [-0.25, -0.2) is 4.68 Å². The summed E-state index contributed by atoms with van der Waals surface area (Å²) in [6, 6.07) is 7.81. The van der Waals surface area contributed by atoms with E-state index in [0.717, 1.165) is 23.5 Å². The Morgan fingerprint density at radius 1 is 1.44 bits per heavy atom. The highest BCUT2D eigenvalue weighted by atomic mass is 32.1. The smallest absolute Gasteiger partial charge is 0.266 e. The van der Waals surface area contributed by atoms with Gasteiger partial charge in [-0.05, 0) is 36.9 Å². The van der Waals surface area contributed by atoms with E-state index in [-0.39, 0.29) is 5.56 Å². The average molecular weight is 261 g/mol. The summed E-state index contributed by atoms with van der Waals surface area (Å²) >= 11 is 1.64. The number of rotatable bonds is 3. The van der Waals surface area contributed by atoms with Crippen molar-refractivity contribution in [1.29, 1.82) is 0 Å². The van der Waals surface area contributed by atoms with Crippen LogP contribution in [0.1, 0.15) is 12.8 Å². The second kappa shape index (κ2) is 5.04. The fourth-order valence-electron chi connectivity index (χ4n) is 2.26. The SMILES string of the molecule is O=c1ccc(-c2cccs2)nn1C[C@@H]1CCCN1. The molecule has 1 aliphatic heterocycles. The normalized spacial score (nSPS) is 19.2. The standard InChI is InChI=1S/C13H15N3OS/c17-13-6-5-11(12-4-2-8-18-12)15-16(13)9-10-3-1-7-14-10/h2,4-6,8,10,14H,1,3,7,9H2/t10-/m0/s1. The number of hydrogen-bond donors (Lipinski definition) is 1. The van der Waals surface area contributed by atoms with Gasteiger partial charge in [0.1, 0.15) is 5.69 Å². The van der Waals surface area contributed by atoms with Crippen molar-refractivity contribution in [3.63, 3.8) is 0 Å². The molecular formula is C13H15N3OS. The van der Waals surface area contributed by atoms with Crippen molar-refractivity contribution in [3.05, 3.63) is 40.0 Å². The van der Waals surface area contributed by atoms with E-state index in [1.54, 1.807) is 28.2 Å². The maximum absolute atomic E-state index is 11.8. The monoisotopic (exact) mass is 261 g/mol. The molecule has 1 saturated heterocycles. The summed E-state index contributed by atoms with van der Waals surface area (Å²) in [6.07, 6.45) is 2.31. The first-order valence-electron chi connectivity index (χ1n) is 6.18. The van der Waals surface area contributed by atoms with Crippen LogP contribution in [0.5, 0.6) is 0 Å². The Balaban J connectivity index is 1.88. The van der Waals surface area contributed by atoms with E-state index >= 15 is 0 Å². The second-order valence-electron chi connectivity index (χ2n) is 4.51. The summed E-state index contributed by atoms with van der Waals surface area (Å²) in [5.74, 6) is 0. The Morgan fingerprint density at radius 3 is 3.11 bits per heavy atom. The van der Waals surface area contributed by atoms with E-state index in [4.69, 9.17) is 0 Å². The molecule has 5 heteroatoms. The number of hydrogen-bond acceptors (Lipinski definition) is 4. The molecule has 0 aliphatic carbocycles. The molecule has 2 aromatic rings. The summed E-state index contributed by atoms with van der Waals surface area (Å²) < 4.78 is 1.58. The summed E-state index contributed by atoms with van der Waals surface area (Å²) in [4.78, 5) is 12.9. The highest BCUT2D eigenvalue weighted by molar-refractivity contribution is 7.13. The summed E-state index contributed by atoms with van der Waals surface area (Å²) in [6.45, 7) is 1.71. The largest absolute Gasteiger partial charge is 0.312 e. The molecular weight excluding hydrogens is 246 g/mol. The molecule has 0 radical (unpaired) electrons. The Hall–Kier alpha value is -1.46. The molecule has 0 unspecified atom stereocenters. The van der Waals surface area contributed by atoms with Crippen LogP contribution in [0.4, 0.5) is 0 Å². The van der Waals surface area contributed by atoms with Crippen LogP contribution in [-0.4, -0.2) is 22.4 Å². The number of nitrogens with zero attached hydrogens (tertiary/aromatic N) is 2. The number of aromatic nitrogens is 2. The van der Waals surface area contributed by atoms with Crippen LogP contribution in [0.2, 0.25) is 0 Å². The molecule has 1 fully saturated rings. The lowest BCUT2D eigenvalue weighted by molar-refractivity contribution is 0.461. The topological polar surface area (TPSA) is 46.9 Å². The van der Waals surface area contributed by atoms with Gasteiger partial charge >= 0.3 is 0 Å². The minimum atomic E-state index is -0.0241. The Labute approximate surface area is 109 Å². The van der Waals surface area contributed by atoms with Gasteiger partial charge in [0, 0.05) is 12.1 Å². The molecule has 94 valence electrons. The molecule has 0 spiro atoms. The van der Waals surface area contributed by atoms with Gasteiger partial charge in [-0.3, -0.25) is 4.79 Å². The van der Waals surface area contributed by atoms with E-state index in [1.807, 2.05) is 17.5 Å². The van der Waals surface area contributed by atoms with Crippen LogP contribution in [-0.2, 0) is 6.54 Å². The highest BCUT2D eigenvalue weighted by Gasteiger charge is 2.15. The molecule has 4 nitrogen and oxygen atoms in total. The fraction of sp³-hybridized carbons (Fsp3) is 0.385. The maximum Gasteiger partial charge on any atom is 0.266 e. The van der Waals surface area contributed by atoms with Crippen LogP contribution in [0.15, 0.2) is 34.4 Å². The van der Waals surface area contributed by atoms with E-state index in [9.17, 15) is 4.79 Å². The van der Waals surface area contributed by atoms with Gasteiger partial charge in [-0.1, -0.05) is 6.07 Å². The first kappa shape index (κ1) is 11.6.